The first-order valence-electron chi connectivity index (χ1n) is 6.53. The van der Waals surface area contributed by atoms with Crippen LogP contribution in [0.4, 0.5) is 5.69 Å². The van der Waals surface area contributed by atoms with Crippen LogP contribution in [-0.2, 0) is 16.9 Å². The van der Waals surface area contributed by atoms with Crippen molar-refractivity contribution in [3.8, 4) is 0 Å². The number of benzene rings is 1. The standard InChI is InChI=1S/C14H17ClN4O2/c1-14(2,21)12-9-19(18-17-12)7-6-13(20)16-11-5-3-4-10(15)8-11/h3-5,8-9,21H,6-7H2,1-2H3,(H,16,20). The van der Waals surface area contributed by atoms with E-state index in [4.69, 9.17) is 11.6 Å². The van der Waals surface area contributed by atoms with Crippen LogP contribution in [0.15, 0.2) is 30.5 Å². The van der Waals surface area contributed by atoms with Crippen molar-refractivity contribution in [1.82, 2.24) is 15.0 Å². The van der Waals surface area contributed by atoms with Crippen LogP contribution in [0.1, 0.15) is 26.0 Å². The van der Waals surface area contributed by atoms with Crippen LogP contribution in [0.5, 0.6) is 0 Å². The van der Waals surface area contributed by atoms with Crippen molar-refractivity contribution < 1.29 is 9.90 Å². The smallest absolute Gasteiger partial charge is 0.226 e. The third kappa shape index (κ3) is 4.54. The second-order valence-electron chi connectivity index (χ2n) is 5.23. The predicted octanol–water partition coefficient (Wildman–Crippen LogP) is 2.19. The van der Waals surface area contributed by atoms with Gasteiger partial charge in [0.05, 0.1) is 12.7 Å². The molecule has 2 N–H and O–H groups in total. The van der Waals surface area contributed by atoms with Gasteiger partial charge in [-0.15, -0.1) is 5.10 Å². The quantitative estimate of drug-likeness (QED) is 0.887. The second kappa shape index (κ2) is 6.24. The van der Waals surface area contributed by atoms with Gasteiger partial charge < -0.3 is 10.4 Å². The van der Waals surface area contributed by atoms with E-state index < -0.39 is 5.60 Å². The number of amides is 1. The molecule has 0 fully saturated rings. The Morgan fingerprint density at radius 3 is 2.86 bits per heavy atom. The van der Waals surface area contributed by atoms with Gasteiger partial charge in [-0.1, -0.05) is 22.9 Å². The van der Waals surface area contributed by atoms with Gasteiger partial charge in [-0.3, -0.25) is 9.48 Å². The number of aryl methyl sites for hydroxylation is 1. The van der Waals surface area contributed by atoms with Crippen molar-refractivity contribution in [3.63, 3.8) is 0 Å². The van der Waals surface area contributed by atoms with Gasteiger partial charge in [0.2, 0.25) is 5.91 Å². The summed E-state index contributed by atoms with van der Waals surface area (Å²) in [6, 6.07) is 6.96. The van der Waals surface area contributed by atoms with Crippen LogP contribution < -0.4 is 5.32 Å². The zero-order chi connectivity index (χ0) is 15.5. The molecule has 2 aromatic rings. The summed E-state index contributed by atoms with van der Waals surface area (Å²) in [4.78, 5) is 11.8. The highest BCUT2D eigenvalue weighted by atomic mass is 35.5. The average molecular weight is 309 g/mol. The summed E-state index contributed by atoms with van der Waals surface area (Å²) in [5, 5.41) is 20.9. The largest absolute Gasteiger partial charge is 0.384 e. The molecular formula is C14H17ClN4O2. The van der Waals surface area contributed by atoms with E-state index in [1.807, 2.05) is 0 Å². The number of nitrogens with zero attached hydrogens (tertiary/aromatic N) is 3. The van der Waals surface area contributed by atoms with Crippen molar-refractivity contribution in [2.24, 2.45) is 0 Å². The minimum Gasteiger partial charge on any atom is -0.384 e. The lowest BCUT2D eigenvalue weighted by atomic mass is 10.1. The number of rotatable bonds is 5. The number of hydrogen-bond acceptors (Lipinski definition) is 4. The van der Waals surface area contributed by atoms with Gasteiger partial charge in [0.1, 0.15) is 11.3 Å². The van der Waals surface area contributed by atoms with E-state index in [-0.39, 0.29) is 12.3 Å². The fourth-order valence-corrected chi connectivity index (χ4v) is 1.88. The van der Waals surface area contributed by atoms with Crippen molar-refractivity contribution in [1.29, 1.82) is 0 Å². The molecule has 0 saturated carbocycles. The van der Waals surface area contributed by atoms with E-state index in [0.717, 1.165) is 0 Å². The number of aliphatic hydroxyl groups is 1. The van der Waals surface area contributed by atoms with E-state index in [1.54, 1.807) is 44.3 Å². The highest BCUT2D eigenvalue weighted by molar-refractivity contribution is 6.30. The molecule has 0 saturated heterocycles. The van der Waals surface area contributed by atoms with Crippen LogP contribution in [0, 0.1) is 0 Å². The zero-order valence-electron chi connectivity index (χ0n) is 11.9. The maximum atomic E-state index is 11.8. The topological polar surface area (TPSA) is 80.0 Å². The molecule has 21 heavy (non-hydrogen) atoms. The molecule has 2 rings (SSSR count). The molecule has 0 atom stereocenters. The van der Waals surface area contributed by atoms with Crippen molar-refractivity contribution in [3.05, 3.63) is 41.2 Å². The summed E-state index contributed by atoms with van der Waals surface area (Å²) < 4.78 is 1.53. The van der Waals surface area contributed by atoms with E-state index in [2.05, 4.69) is 15.6 Å². The Hall–Kier alpha value is -1.92. The fraction of sp³-hybridized carbons (Fsp3) is 0.357. The SMILES string of the molecule is CC(C)(O)c1cn(CCC(=O)Nc2cccc(Cl)c2)nn1. The lowest BCUT2D eigenvalue weighted by Gasteiger charge is -2.11. The number of halogens is 1. The number of aromatic nitrogens is 3. The molecule has 0 aliphatic rings. The molecule has 1 aromatic carbocycles. The minimum absolute atomic E-state index is 0.141. The van der Waals surface area contributed by atoms with Gasteiger partial charge in [-0.25, -0.2) is 0 Å². The minimum atomic E-state index is -1.04. The molecule has 1 heterocycles. The third-order valence-electron chi connectivity index (χ3n) is 2.84. The lowest BCUT2D eigenvalue weighted by molar-refractivity contribution is -0.116. The highest BCUT2D eigenvalue weighted by Crippen LogP contribution is 2.16. The molecule has 0 aliphatic heterocycles. The highest BCUT2D eigenvalue weighted by Gasteiger charge is 2.20. The molecule has 1 amide bonds. The molecule has 0 spiro atoms. The van der Waals surface area contributed by atoms with Gasteiger partial charge >= 0.3 is 0 Å². The maximum Gasteiger partial charge on any atom is 0.226 e. The van der Waals surface area contributed by atoms with Crippen molar-refractivity contribution >= 4 is 23.2 Å². The summed E-state index contributed by atoms with van der Waals surface area (Å²) in [6.45, 7) is 3.65. The summed E-state index contributed by atoms with van der Waals surface area (Å²) in [7, 11) is 0. The van der Waals surface area contributed by atoms with Crippen LogP contribution in [0.25, 0.3) is 0 Å². The Balaban J connectivity index is 1.88. The molecule has 6 nitrogen and oxygen atoms in total. The van der Waals surface area contributed by atoms with E-state index >= 15 is 0 Å². The second-order valence-corrected chi connectivity index (χ2v) is 5.67. The van der Waals surface area contributed by atoms with Gasteiger partial charge in [0, 0.05) is 17.1 Å². The first kappa shape index (κ1) is 15.5. The van der Waals surface area contributed by atoms with Gasteiger partial charge in [0.15, 0.2) is 0 Å². The lowest BCUT2D eigenvalue weighted by Crippen LogP contribution is -2.16. The molecule has 1 aromatic heterocycles. The van der Waals surface area contributed by atoms with Crippen LogP contribution >= 0.6 is 11.6 Å². The first-order chi connectivity index (χ1) is 9.84. The molecule has 0 unspecified atom stereocenters. The van der Waals surface area contributed by atoms with Crippen molar-refractivity contribution in [2.45, 2.75) is 32.4 Å². The van der Waals surface area contributed by atoms with Crippen LogP contribution in [-0.4, -0.2) is 26.0 Å². The van der Waals surface area contributed by atoms with E-state index in [0.29, 0.717) is 22.9 Å². The Kier molecular flexibility index (Phi) is 4.59. The van der Waals surface area contributed by atoms with E-state index in [1.165, 1.54) is 4.68 Å². The van der Waals surface area contributed by atoms with Crippen LogP contribution in [0.2, 0.25) is 5.02 Å². The normalized spacial score (nSPS) is 11.4. The first-order valence-corrected chi connectivity index (χ1v) is 6.91. The molecule has 0 radical (unpaired) electrons. The molecular weight excluding hydrogens is 292 g/mol. The summed E-state index contributed by atoms with van der Waals surface area (Å²) in [5.41, 5.74) is 0.0856. The van der Waals surface area contributed by atoms with Gasteiger partial charge in [-0.2, -0.15) is 0 Å². The average Bonchev–Trinajstić information content (AvgIpc) is 2.85. The molecule has 7 heteroatoms. The maximum absolute atomic E-state index is 11.8. The number of hydrogen-bond donors (Lipinski definition) is 2. The Morgan fingerprint density at radius 1 is 1.48 bits per heavy atom. The van der Waals surface area contributed by atoms with Gasteiger partial charge in [0.25, 0.3) is 0 Å². The molecule has 0 aliphatic carbocycles. The fourth-order valence-electron chi connectivity index (χ4n) is 1.69. The number of nitrogens with one attached hydrogen (secondary N) is 1. The Bertz CT molecular complexity index is 634. The number of anilines is 1. The Labute approximate surface area is 127 Å². The summed E-state index contributed by atoms with van der Waals surface area (Å²) >= 11 is 5.85. The third-order valence-corrected chi connectivity index (χ3v) is 3.08. The van der Waals surface area contributed by atoms with Crippen LogP contribution in [0.3, 0.4) is 0 Å². The summed E-state index contributed by atoms with van der Waals surface area (Å²) in [6.07, 6.45) is 1.88. The number of carbonyl (C=O) groups is 1. The number of carbonyl (C=O) groups excluding carboxylic acids is 1. The molecule has 112 valence electrons. The summed E-state index contributed by atoms with van der Waals surface area (Å²) in [5.74, 6) is -0.141. The zero-order valence-corrected chi connectivity index (χ0v) is 12.6. The predicted molar refractivity (Wildman–Crippen MR) is 80.0 cm³/mol. The Morgan fingerprint density at radius 2 is 2.24 bits per heavy atom. The monoisotopic (exact) mass is 308 g/mol. The van der Waals surface area contributed by atoms with E-state index in [9.17, 15) is 9.90 Å². The van der Waals surface area contributed by atoms with Crippen molar-refractivity contribution in [2.75, 3.05) is 5.32 Å². The van der Waals surface area contributed by atoms with Gasteiger partial charge in [-0.05, 0) is 32.0 Å². The molecule has 0 bridgehead atoms.